The Bertz CT molecular complexity index is 287. The van der Waals surface area contributed by atoms with Crippen molar-refractivity contribution < 1.29 is 4.79 Å². The van der Waals surface area contributed by atoms with Crippen molar-refractivity contribution in [1.29, 1.82) is 0 Å². The number of rotatable bonds is 5. The molecule has 2 amide bonds. The summed E-state index contributed by atoms with van der Waals surface area (Å²) in [7, 11) is 7.84. The van der Waals surface area contributed by atoms with E-state index in [1.165, 1.54) is 0 Å². The molecule has 1 fully saturated rings. The predicted octanol–water partition coefficient (Wildman–Crippen LogP) is 2.97. The zero-order valence-electron chi connectivity index (χ0n) is 17.2. The molecular weight excluding hydrogens is 288 g/mol. The number of carbonyl (C=O) groups is 1. The van der Waals surface area contributed by atoms with Gasteiger partial charge in [0.2, 0.25) is 0 Å². The molecule has 5 heteroatoms. The van der Waals surface area contributed by atoms with Crippen LogP contribution in [0.3, 0.4) is 0 Å². The third kappa shape index (κ3) is 8.56. The number of likely N-dealkylation sites (tertiary alicyclic amines) is 1. The van der Waals surface area contributed by atoms with E-state index in [2.05, 4.69) is 24.2 Å². The van der Waals surface area contributed by atoms with Crippen LogP contribution in [-0.2, 0) is 0 Å². The molecular formula is C18H42N4O. The van der Waals surface area contributed by atoms with Gasteiger partial charge in [-0.3, -0.25) is 0 Å². The highest BCUT2D eigenvalue weighted by atomic mass is 16.2. The van der Waals surface area contributed by atoms with Crippen molar-refractivity contribution in [2.75, 3.05) is 60.9 Å². The number of hydrogen-bond donors (Lipinski definition) is 1. The van der Waals surface area contributed by atoms with Gasteiger partial charge in [0.15, 0.2) is 0 Å². The van der Waals surface area contributed by atoms with Crippen molar-refractivity contribution in [1.82, 2.24) is 20.0 Å². The second-order valence-electron chi connectivity index (χ2n) is 6.02. The molecule has 0 aromatic rings. The van der Waals surface area contributed by atoms with Crippen molar-refractivity contribution in [2.45, 2.75) is 47.5 Å². The summed E-state index contributed by atoms with van der Waals surface area (Å²) in [5.74, 6) is 0. The first-order chi connectivity index (χ1) is 10.9. The minimum atomic E-state index is 0.141. The first-order valence-corrected chi connectivity index (χ1v) is 9.23. The standard InChI is InChI=1S/C14H30N4O.2C2H6/c1-6-17(5)12-14(11-15-2)7-9-18(10-8-14)13(19)16(3)4;2*1-2/h15H,6-12H2,1-5H3;2*1-2H3. The first-order valence-electron chi connectivity index (χ1n) is 9.23. The number of nitrogens with one attached hydrogen (secondary N) is 1. The molecule has 23 heavy (non-hydrogen) atoms. The number of urea groups is 1. The van der Waals surface area contributed by atoms with Gasteiger partial charge in [-0.1, -0.05) is 34.6 Å². The Morgan fingerprint density at radius 1 is 1.09 bits per heavy atom. The highest BCUT2D eigenvalue weighted by Crippen LogP contribution is 2.32. The van der Waals surface area contributed by atoms with Crippen molar-refractivity contribution >= 4 is 6.03 Å². The molecule has 140 valence electrons. The number of piperidine rings is 1. The van der Waals surface area contributed by atoms with E-state index in [1.807, 2.05) is 53.7 Å². The van der Waals surface area contributed by atoms with Crippen LogP contribution in [0.15, 0.2) is 0 Å². The lowest BCUT2D eigenvalue weighted by molar-refractivity contribution is 0.0771. The second kappa shape index (κ2) is 13.6. The fourth-order valence-electron chi connectivity index (χ4n) is 2.91. The molecule has 0 bridgehead atoms. The minimum Gasteiger partial charge on any atom is -0.331 e. The smallest absolute Gasteiger partial charge is 0.319 e. The maximum atomic E-state index is 12.0. The van der Waals surface area contributed by atoms with Crippen LogP contribution >= 0.6 is 0 Å². The quantitative estimate of drug-likeness (QED) is 0.842. The number of hydrogen-bond acceptors (Lipinski definition) is 3. The highest BCUT2D eigenvalue weighted by Gasteiger charge is 2.36. The topological polar surface area (TPSA) is 38.8 Å². The molecule has 1 rings (SSSR count). The van der Waals surface area contributed by atoms with Crippen LogP contribution in [0.25, 0.3) is 0 Å². The molecule has 1 N–H and O–H groups in total. The maximum absolute atomic E-state index is 12.0. The maximum Gasteiger partial charge on any atom is 0.319 e. The van der Waals surface area contributed by atoms with E-state index in [9.17, 15) is 4.79 Å². The first kappa shape index (κ1) is 24.4. The molecule has 0 saturated carbocycles. The Morgan fingerprint density at radius 3 is 1.91 bits per heavy atom. The lowest BCUT2D eigenvalue weighted by atomic mass is 9.77. The van der Waals surface area contributed by atoms with Crippen LogP contribution in [0, 0.1) is 5.41 Å². The van der Waals surface area contributed by atoms with Crippen LogP contribution in [0.1, 0.15) is 47.5 Å². The van der Waals surface area contributed by atoms with Gasteiger partial charge in [0.25, 0.3) is 0 Å². The number of carbonyl (C=O) groups excluding carboxylic acids is 1. The van der Waals surface area contributed by atoms with Crippen molar-refractivity contribution in [2.24, 2.45) is 5.41 Å². The summed E-state index contributed by atoms with van der Waals surface area (Å²) in [6, 6.07) is 0.141. The zero-order chi connectivity index (χ0) is 18.5. The summed E-state index contributed by atoms with van der Waals surface area (Å²) in [6.07, 6.45) is 2.16. The van der Waals surface area contributed by atoms with Gasteiger partial charge in [-0.25, -0.2) is 4.79 Å². The van der Waals surface area contributed by atoms with Crippen LogP contribution in [0.2, 0.25) is 0 Å². The molecule has 0 spiro atoms. The molecule has 1 aliphatic heterocycles. The molecule has 0 aromatic heterocycles. The summed E-state index contributed by atoms with van der Waals surface area (Å²) in [5, 5.41) is 3.33. The molecule has 0 unspecified atom stereocenters. The van der Waals surface area contributed by atoms with Crippen LogP contribution in [-0.4, -0.2) is 81.6 Å². The highest BCUT2D eigenvalue weighted by molar-refractivity contribution is 5.73. The van der Waals surface area contributed by atoms with Crippen LogP contribution in [0.4, 0.5) is 4.79 Å². The minimum absolute atomic E-state index is 0.141. The van der Waals surface area contributed by atoms with Gasteiger partial charge in [-0.05, 0) is 38.9 Å². The zero-order valence-corrected chi connectivity index (χ0v) is 17.2. The van der Waals surface area contributed by atoms with Crippen molar-refractivity contribution in [3.8, 4) is 0 Å². The molecule has 0 atom stereocenters. The Kier molecular flexibility index (Phi) is 14.5. The van der Waals surface area contributed by atoms with Gasteiger partial charge >= 0.3 is 6.03 Å². The summed E-state index contributed by atoms with van der Waals surface area (Å²) < 4.78 is 0. The van der Waals surface area contributed by atoms with E-state index < -0.39 is 0 Å². The van der Waals surface area contributed by atoms with Crippen molar-refractivity contribution in [3.63, 3.8) is 0 Å². The molecule has 0 aromatic carbocycles. The van der Waals surface area contributed by atoms with E-state index in [0.29, 0.717) is 5.41 Å². The molecule has 0 aliphatic carbocycles. The van der Waals surface area contributed by atoms with Gasteiger partial charge < -0.3 is 20.0 Å². The van der Waals surface area contributed by atoms with E-state index in [1.54, 1.807) is 4.90 Å². The third-order valence-corrected chi connectivity index (χ3v) is 4.17. The van der Waals surface area contributed by atoms with Crippen LogP contribution in [0.5, 0.6) is 0 Å². The van der Waals surface area contributed by atoms with Gasteiger partial charge in [-0.15, -0.1) is 0 Å². The van der Waals surface area contributed by atoms with E-state index >= 15 is 0 Å². The average molecular weight is 331 g/mol. The van der Waals surface area contributed by atoms with E-state index in [-0.39, 0.29) is 6.03 Å². The Balaban J connectivity index is 0. The lowest BCUT2D eigenvalue weighted by Crippen LogP contribution is -2.52. The summed E-state index contributed by atoms with van der Waals surface area (Å²) >= 11 is 0. The Hall–Kier alpha value is -0.810. The SMILES string of the molecule is CC.CC.CCN(C)CC1(CNC)CCN(C(=O)N(C)C)CC1. The molecule has 1 aliphatic rings. The van der Waals surface area contributed by atoms with E-state index in [0.717, 1.165) is 45.6 Å². The van der Waals surface area contributed by atoms with Gasteiger partial charge in [-0.2, -0.15) is 0 Å². The second-order valence-corrected chi connectivity index (χ2v) is 6.02. The molecule has 1 saturated heterocycles. The van der Waals surface area contributed by atoms with Gasteiger partial charge in [0.05, 0.1) is 0 Å². The molecule has 1 heterocycles. The number of nitrogens with zero attached hydrogens (tertiary/aromatic N) is 3. The fourth-order valence-corrected chi connectivity index (χ4v) is 2.91. The van der Waals surface area contributed by atoms with Crippen molar-refractivity contribution in [3.05, 3.63) is 0 Å². The Labute approximate surface area is 145 Å². The lowest BCUT2D eigenvalue weighted by Gasteiger charge is -2.44. The fraction of sp³-hybridized carbons (Fsp3) is 0.944. The average Bonchev–Trinajstić information content (AvgIpc) is 2.58. The summed E-state index contributed by atoms with van der Waals surface area (Å²) in [6.45, 7) is 15.1. The van der Waals surface area contributed by atoms with Gasteiger partial charge in [0.1, 0.15) is 0 Å². The monoisotopic (exact) mass is 330 g/mol. The third-order valence-electron chi connectivity index (χ3n) is 4.17. The van der Waals surface area contributed by atoms with Gasteiger partial charge in [0, 0.05) is 40.3 Å². The summed E-state index contributed by atoms with van der Waals surface area (Å²) in [5.41, 5.74) is 0.308. The summed E-state index contributed by atoms with van der Waals surface area (Å²) in [4.78, 5) is 18.0. The normalized spacial score (nSPS) is 16.0. The van der Waals surface area contributed by atoms with Crippen LogP contribution < -0.4 is 5.32 Å². The number of amides is 2. The Morgan fingerprint density at radius 2 is 1.57 bits per heavy atom. The predicted molar refractivity (Wildman–Crippen MR) is 102 cm³/mol. The molecule has 5 nitrogen and oxygen atoms in total. The molecule has 0 radical (unpaired) electrons. The van der Waals surface area contributed by atoms with E-state index in [4.69, 9.17) is 0 Å². The largest absolute Gasteiger partial charge is 0.331 e.